The van der Waals surface area contributed by atoms with Gasteiger partial charge in [-0.2, -0.15) is 0 Å². The van der Waals surface area contributed by atoms with Crippen molar-refractivity contribution in [2.24, 2.45) is 0 Å². The molecule has 1 aliphatic rings. The van der Waals surface area contributed by atoms with Crippen LogP contribution in [0.25, 0.3) is 0 Å². The number of methoxy groups -OCH3 is 1. The lowest BCUT2D eigenvalue weighted by atomic mass is 10.2. The summed E-state index contributed by atoms with van der Waals surface area (Å²) in [6.45, 7) is 3.38. The summed E-state index contributed by atoms with van der Waals surface area (Å²) in [6.07, 6.45) is 0.667. The first kappa shape index (κ1) is 17.9. The monoisotopic (exact) mass is 357 g/mol. The van der Waals surface area contributed by atoms with Crippen molar-refractivity contribution in [1.82, 2.24) is 5.32 Å². The Kier molecular flexibility index (Phi) is 5.84. The zero-order valence-electron chi connectivity index (χ0n) is 15.0. The summed E-state index contributed by atoms with van der Waals surface area (Å²) in [4.78, 5) is 12.4. The average molecular weight is 357 g/mol. The second kappa shape index (κ2) is 8.47. The Hall–Kier alpha value is -2.89. The highest BCUT2D eigenvalue weighted by Gasteiger charge is 2.21. The van der Waals surface area contributed by atoms with Crippen LogP contribution in [0.3, 0.4) is 0 Å². The summed E-state index contributed by atoms with van der Waals surface area (Å²) < 4.78 is 22.4. The Balaban J connectivity index is 1.58. The molecular weight excluding hydrogens is 334 g/mol. The van der Waals surface area contributed by atoms with Crippen LogP contribution in [0.2, 0.25) is 0 Å². The molecule has 0 spiro atoms. The number of carbonyl (C=O) groups is 1. The predicted octanol–water partition coefficient (Wildman–Crippen LogP) is 3.05. The molecule has 1 N–H and O–H groups in total. The normalized spacial score (nSPS) is 15.2. The van der Waals surface area contributed by atoms with Crippen molar-refractivity contribution in [2.75, 3.05) is 26.9 Å². The molecule has 1 aliphatic heterocycles. The summed E-state index contributed by atoms with van der Waals surface area (Å²) in [5, 5.41) is 2.87. The Morgan fingerprint density at radius 1 is 1.19 bits per heavy atom. The van der Waals surface area contributed by atoms with Gasteiger partial charge in [0.15, 0.2) is 23.0 Å². The third-order valence-electron chi connectivity index (χ3n) is 3.95. The predicted molar refractivity (Wildman–Crippen MR) is 97.5 cm³/mol. The number of fused-ring (bicyclic) bond motifs is 1. The number of nitrogens with one attached hydrogen (secondary N) is 1. The SMILES string of the molecule is CCCOc1ccc(C(=O)NC[C@@H]2COc3ccccc3O2)cc1OC. The fraction of sp³-hybridized carbons (Fsp3) is 0.350. The quantitative estimate of drug-likeness (QED) is 0.825. The number of hydrogen-bond donors (Lipinski definition) is 1. The number of hydrogen-bond acceptors (Lipinski definition) is 5. The van der Waals surface area contributed by atoms with Gasteiger partial charge in [0.25, 0.3) is 5.91 Å². The molecule has 1 atom stereocenters. The van der Waals surface area contributed by atoms with Crippen molar-refractivity contribution in [3.63, 3.8) is 0 Å². The highest BCUT2D eigenvalue weighted by Crippen LogP contribution is 2.31. The first-order valence-corrected chi connectivity index (χ1v) is 8.68. The van der Waals surface area contributed by atoms with Gasteiger partial charge in [-0.3, -0.25) is 4.79 Å². The molecule has 2 aromatic carbocycles. The Morgan fingerprint density at radius 3 is 2.77 bits per heavy atom. The van der Waals surface area contributed by atoms with Crippen LogP contribution in [0.5, 0.6) is 23.0 Å². The maximum absolute atomic E-state index is 12.4. The summed E-state index contributed by atoms with van der Waals surface area (Å²) in [6, 6.07) is 12.6. The van der Waals surface area contributed by atoms with Crippen molar-refractivity contribution in [3.05, 3.63) is 48.0 Å². The van der Waals surface area contributed by atoms with E-state index in [4.69, 9.17) is 18.9 Å². The standard InChI is InChI=1S/C20H23NO5/c1-3-10-24-17-9-8-14(11-19(17)23-2)20(22)21-12-15-13-25-16-6-4-5-7-18(16)26-15/h4-9,11,15H,3,10,12-13H2,1-2H3,(H,21,22)/t15-/m1/s1. The lowest BCUT2D eigenvalue weighted by molar-refractivity contribution is 0.0789. The minimum Gasteiger partial charge on any atom is -0.493 e. The van der Waals surface area contributed by atoms with E-state index >= 15 is 0 Å². The molecule has 0 aliphatic carbocycles. The number of rotatable bonds is 7. The van der Waals surface area contributed by atoms with Gasteiger partial charge in [0, 0.05) is 5.56 Å². The molecule has 6 nitrogen and oxygen atoms in total. The van der Waals surface area contributed by atoms with Crippen molar-refractivity contribution < 1.29 is 23.7 Å². The van der Waals surface area contributed by atoms with Crippen LogP contribution in [0.1, 0.15) is 23.7 Å². The van der Waals surface area contributed by atoms with E-state index < -0.39 is 0 Å². The molecule has 3 rings (SSSR count). The van der Waals surface area contributed by atoms with Crippen molar-refractivity contribution in [1.29, 1.82) is 0 Å². The molecule has 0 fully saturated rings. The fourth-order valence-corrected chi connectivity index (χ4v) is 2.61. The van der Waals surface area contributed by atoms with E-state index in [1.807, 2.05) is 31.2 Å². The van der Waals surface area contributed by atoms with Gasteiger partial charge in [-0.1, -0.05) is 19.1 Å². The number of ether oxygens (including phenoxy) is 4. The maximum atomic E-state index is 12.4. The second-order valence-electron chi connectivity index (χ2n) is 5.92. The summed E-state index contributed by atoms with van der Waals surface area (Å²) in [5.41, 5.74) is 0.503. The molecule has 0 bridgehead atoms. The largest absolute Gasteiger partial charge is 0.493 e. The zero-order chi connectivity index (χ0) is 18.4. The number of amides is 1. The number of benzene rings is 2. The van der Waals surface area contributed by atoms with Gasteiger partial charge in [0.05, 0.1) is 20.3 Å². The molecule has 26 heavy (non-hydrogen) atoms. The van der Waals surface area contributed by atoms with E-state index in [2.05, 4.69) is 5.32 Å². The van der Waals surface area contributed by atoms with Crippen molar-refractivity contribution in [2.45, 2.75) is 19.4 Å². The van der Waals surface area contributed by atoms with Gasteiger partial charge >= 0.3 is 0 Å². The van der Waals surface area contributed by atoms with Crippen LogP contribution >= 0.6 is 0 Å². The van der Waals surface area contributed by atoms with E-state index in [1.165, 1.54) is 0 Å². The Bertz CT molecular complexity index is 762. The minimum atomic E-state index is -0.233. The van der Waals surface area contributed by atoms with Crippen LogP contribution < -0.4 is 24.3 Å². The fourth-order valence-electron chi connectivity index (χ4n) is 2.61. The first-order chi connectivity index (χ1) is 12.7. The highest BCUT2D eigenvalue weighted by atomic mass is 16.6. The molecule has 2 aromatic rings. The molecule has 6 heteroatoms. The number of para-hydroxylation sites is 2. The molecule has 0 unspecified atom stereocenters. The average Bonchev–Trinajstić information content (AvgIpc) is 2.70. The van der Waals surface area contributed by atoms with Gasteiger partial charge in [-0.15, -0.1) is 0 Å². The van der Waals surface area contributed by atoms with Crippen molar-refractivity contribution in [3.8, 4) is 23.0 Å². The van der Waals surface area contributed by atoms with Crippen LogP contribution in [0.15, 0.2) is 42.5 Å². The molecule has 0 aromatic heterocycles. The van der Waals surface area contributed by atoms with Crippen LogP contribution in [-0.2, 0) is 0 Å². The van der Waals surface area contributed by atoms with Gasteiger partial charge < -0.3 is 24.3 Å². The van der Waals surface area contributed by atoms with E-state index in [0.717, 1.165) is 12.2 Å². The van der Waals surface area contributed by atoms with E-state index in [9.17, 15) is 4.79 Å². The van der Waals surface area contributed by atoms with Gasteiger partial charge in [0.1, 0.15) is 12.7 Å². The van der Waals surface area contributed by atoms with Gasteiger partial charge in [-0.25, -0.2) is 0 Å². The van der Waals surface area contributed by atoms with E-state index in [-0.39, 0.29) is 12.0 Å². The maximum Gasteiger partial charge on any atom is 0.251 e. The molecular formula is C20H23NO5. The van der Waals surface area contributed by atoms with Crippen LogP contribution in [0, 0.1) is 0 Å². The molecule has 0 radical (unpaired) electrons. The first-order valence-electron chi connectivity index (χ1n) is 8.68. The Labute approximate surface area is 153 Å². The molecule has 1 heterocycles. The molecule has 0 saturated heterocycles. The zero-order valence-corrected chi connectivity index (χ0v) is 15.0. The van der Waals surface area contributed by atoms with Crippen molar-refractivity contribution >= 4 is 5.91 Å². The minimum absolute atomic E-state index is 0.201. The third-order valence-corrected chi connectivity index (χ3v) is 3.95. The van der Waals surface area contributed by atoms with Crippen LogP contribution in [0.4, 0.5) is 0 Å². The number of carbonyl (C=O) groups excluding carboxylic acids is 1. The summed E-state index contributed by atoms with van der Waals surface area (Å²) in [5.74, 6) is 2.39. The summed E-state index contributed by atoms with van der Waals surface area (Å²) >= 11 is 0. The highest BCUT2D eigenvalue weighted by molar-refractivity contribution is 5.94. The Morgan fingerprint density at radius 2 is 2.00 bits per heavy atom. The van der Waals surface area contributed by atoms with Gasteiger partial charge in [0.2, 0.25) is 0 Å². The molecule has 1 amide bonds. The van der Waals surface area contributed by atoms with E-state index in [1.54, 1.807) is 25.3 Å². The van der Waals surface area contributed by atoms with Crippen LogP contribution in [-0.4, -0.2) is 38.9 Å². The second-order valence-corrected chi connectivity index (χ2v) is 5.92. The topological polar surface area (TPSA) is 66.0 Å². The van der Waals surface area contributed by atoms with Gasteiger partial charge in [-0.05, 0) is 36.8 Å². The lowest BCUT2D eigenvalue weighted by Gasteiger charge is -2.26. The lowest BCUT2D eigenvalue weighted by Crippen LogP contribution is -2.40. The third kappa shape index (κ3) is 4.20. The molecule has 138 valence electrons. The van der Waals surface area contributed by atoms with E-state index in [0.29, 0.717) is 42.6 Å². The molecule has 0 saturated carbocycles. The summed E-state index contributed by atoms with van der Waals surface area (Å²) in [7, 11) is 1.56. The smallest absolute Gasteiger partial charge is 0.251 e.